The van der Waals surface area contributed by atoms with E-state index in [0.29, 0.717) is 11.5 Å². The van der Waals surface area contributed by atoms with Gasteiger partial charge in [0, 0.05) is 0 Å². The molecule has 0 atom stereocenters. The van der Waals surface area contributed by atoms with Crippen molar-refractivity contribution in [2.24, 2.45) is 0 Å². The van der Waals surface area contributed by atoms with Crippen molar-refractivity contribution in [2.75, 3.05) is 0 Å². The van der Waals surface area contributed by atoms with Crippen LogP contribution < -0.4 is 9.47 Å². The molecule has 0 saturated carbocycles. The van der Waals surface area contributed by atoms with Crippen LogP contribution in [-0.2, 0) is 33.1 Å². The zero-order valence-corrected chi connectivity index (χ0v) is 36.6. The molecule has 0 N–H and O–H groups in total. The van der Waals surface area contributed by atoms with Gasteiger partial charge in [-0.1, -0.05) is 152 Å². The standard InChI is InChI=1S/2C22H30O4S.Ca/c2*1-2-3-4-5-6-7-8-9-12-19-15-17-20(18-16-19)26-21-13-10-11-14-22(21)27(23,24)25;/h2*10-11,13-18H,2-9,12H2,1H3,(H,23,24,25);/q;;+2/p-2. The van der Waals surface area contributed by atoms with Crippen LogP contribution in [0.3, 0.4) is 0 Å². The summed E-state index contributed by atoms with van der Waals surface area (Å²) in [7, 11) is -9.12. The van der Waals surface area contributed by atoms with Gasteiger partial charge in [-0.3, -0.25) is 0 Å². The Hall–Kier alpha value is -2.44. The molecule has 11 heteroatoms. The summed E-state index contributed by atoms with van der Waals surface area (Å²) in [4.78, 5) is -0.680. The summed E-state index contributed by atoms with van der Waals surface area (Å²) < 4.78 is 79.0. The second kappa shape index (κ2) is 27.2. The van der Waals surface area contributed by atoms with E-state index in [-0.39, 0.29) is 59.0 Å². The molecule has 0 amide bonds. The summed E-state index contributed by atoms with van der Waals surface area (Å²) in [5.41, 5.74) is 2.47. The summed E-state index contributed by atoms with van der Waals surface area (Å²) in [6.07, 6.45) is 22.8. The number of unbranched alkanes of at least 4 members (excludes halogenated alkanes) is 14. The second-order valence-electron chi connectivity index (χ2n) is 13.7. The summed E-state index contributed by atoms with van der Waals surface area (Å²) in [6, 6.07) is 27.0. The van der Waals surface area contributed by atoms with E-state index in [2.05, 4.69) is 13.8 Å². The molecule has 4 aromatic carbocycles. The molecule has 0 fully saturated rings. The average Bonchev–Trinajstić information content (AvgIpc) is 3.15. The molecule has 0 radical (unpaired) electrons. The molecule has 0 unspecified atom stereocenters. The number of benzene rings is 4. The molecular weight excluding hydrogens is 761 g/mol. The van der Waals surface area contributed by atoms with Gasteiger partial charge in [-0.25, -0.2) is 16.8 Å². The number of para-hydroxylation sites is 2. The van der Waals surface area contributed by atoms with Crippen molar-refractivity contribution in [1.29, 1.82) is 0 Å². The second-order valence-corrected chi connectivity index (χ2v) is 16.4. The predicted molar refractivity (Wildman–Crippen MR) is 220 cm³/mol. The van der Waals surface area contributed by atoms with Crippen LogP contribution in [0.1, 0.15) is 128 Å². The van der Waals surface area contributed by atoms with Gasteiger partial charge >= 0.3 is 37.7 Å². The maximum atomic E-state index is 11.3. The van der Waals surface area contributed by atoms with Crippen molar-refractivity contribution in [1.82, 2.24) is 0 Å². The van der Waals surface area contributed by atoms with E-state index in [9.17, 15) is 25.9 Å². The first-order valence-electron chi connectivity index (χ1n) is 19.6. The molecule has 0 aliphatic heterocycles. The van der Waals surface area contributed by atoms with Gasteiger partial charge in [0.15, 0.2) is 0 Å². The van der Waals surface area contributed by atoms with E-state index in [1.807, 2.05) is 48.5 Å². The van der Waals surface area contributed by atoms with E-state index < -0.39 is 20.2 Å². The van der Waals surface area contributed by atoms with Crippen LogP contribution in [0.25, 0.3) is 0 Å². The first-order valence-corrected chi connectivity index (χ1v) is 22.5. The largest absolute Gasteiger partial charge is 2.00 e. The van der Waals surface area contributed by atoms with Gasteiger partial charge in [0.1, 0.15) is 43.2 Å². The van der Waals surface area contributed by atoms with Gasteiger partial charge in [0.25, 0.3) is 0 Å². The monoisotopic (exact) mass is 818 g/mol. The van der Waals surface area contributed by atoms with Gasteiger partial charge < -0.3 is 18.6 Å². The van der Waals surface area contributed by atoms with Crippen LogP contribution in [0.4, 0.5) is 0 Å². The zero-order chi connectivity index (χ0) is 39.1. The van der Waals surface area contributed by atoms with E-state index in [1.54, 1.807) is 12.1 Å². The molecular formula is C44H58CaO8S2. The first-order chi connectivity index (χ1) is 26.0. The molecule has 4 rings (SSSR count). The molecule has 0 saturated heterocycles. The van der Waals surface area contributed by atoms with Crippen LogP contribution in [0, 0.1) is 0 Å². The summed E-state index contributed by atoms with van der Waals surface area (Å²) in [5.74, 6) is 1.16. The molecule has 0 heterocycles. The van der Waals surface area contributed by atoms with Gasteiger partial charge in [-0.05, 0) is 85.3 Å². The molecule has 55 heavy (non-hydrogen) atoms. The van der Waals surface area contributed by atoms with E-state index in [1.165, 1.54) is 150 Å². The van der Waals surface area contributed by atoms with Crippen LogP contribution in [0.2, 0.25) is 0 Å². The maximum absolute atomic E-state index is 11.3. The normalized spacial score (nSPS) is 11.3. The number of ether oxygens (including phenoxy) is 2. The molecule has 0 bridgehead atoms. The van der Waals surface area contributed by atoms with Gasteiger partial charge in [0.2, 0.25) is 0 Å². The minimum Gasteiger partial charge on any atom is -0.744 e. The van der Waals surface area contributed by atoms with Crippen molar-refractivity contribution in [3.8, 4) is 23.0 Å². The fourth-order valence-corrected chi connectivity index (χ4v) is 7.31. The van der Waals surface area contributed by atoms with Gasteiger partial charge in [-0.15, -0.1) is 0 Å². The fourth-order valence-electron chi connectivity index (χ4n) is 6.11. The van der Waals surface area contributed by atoms with E-state index in [4.69, 9.17) is 9.47 Å². The predicted octanol–water partition coefficient (Wildman–Crippen LogP) is 11.8. The van der Waals surface area contributed by atoms with Crippen LogP contribution in [0.15, 0.2) is 107 Å². The molecule has 4 aromatic rings. The van der Waals surface area contributed by atoms with Crippen molar-refractivity contribution >= 4 is 58.0 Å². The Morgan fingerprint density at radius 1 is 0.418 bits per heavy atom. The molecule has 0 spiro atoms. The smallest absolute Gasteiger partial charge is 0.744 e. The third-order valence-electron chi connectivity index (χ3n) is 9.18. The Bertz CT molecular complexity index is 1710. The van der Waals surface area contributed by atoms with Crippen LogP contribution in [-0.4, -0.2) is 63.7 Å². The summed E-state index contributed by atoms with van der Waals surface area (Å²) >= 11 is 0. The molecule has 0 aliphatic rings. The van der Waals surface area contributed by atoms with Crippen molar-refractivity contribution in [2.45, 2.75) is 139 Å². The van der Waals surface area contributed by atoms with Crippen LogP contribution in [0.5, 0.6) is 23.0 Å². The molecule has 0 aliphatic carbocycles. The molecule has 0 aromatic heterocycles. The van der Waals surface area contributed by atoms with Crippen molar-refractivity contribution < 1.29 is 35.4 Å². The Morgan fingerprint density at radius 3 is 1.02 bits per heavy atom. The fraction of sp³-hybridized carbons (Fsp3) is 0.455. The Balaban J connectivity index is 0.000000373. The Labute approximate surface area is 361 Å². The van der Waals surface area contributed by atoms with E-state index >= 15 is 0 Å². The maximum Gasteiger partial charge on any atom is 2.00 e. The van der Waals surface area contributed by atoms with Crippen LogP contribution >= 0.6 is 0 Å². The minimum absolute atomic E-state index is 0. The number of aryl methyl sites for hydroxylation is 2. The Morgan fingerprint density at radius 2 is 0.709 bits per heavy atom. The third-order valence-corrected chi connectivity index (χ3v) is 10.9. The molecule has 8 nitrogen and oxygen atoms in total. The quantitative estimate of drug-likeness (QED) is 0.0388. The number of hydrogen-bond donors (Lipinski definition) is 0. The number of hydrogen-bond acceptors (Lipinski definition) is 8. The van der Waals surface area contributed by atoms with Crippen molar-refractivity contribution in [3.05, 3.63) is 108 Å². The Kier molecular flexibility index (Phi) is 24.1. The van der Waals surface area contributed by atoms with Gasteiger partial charge in [0.05, 0.1) is 9.79 Å². The van der Waals surface area contributed by atoms with E-state index in [0.717, 1.165) is 12.8 Å². The topological polar surface area (TPSA) is 133 Å². The van der Waals surface area contributed by atoms with Crippen molar-refractivity contribution in [3.63, 3.8) is 0 Å². The summed E-state index contributed by atoms with van der Waals surface area (Å²) in [6.45, 7) is 4.47. The minimum atomic E-state index is -4.56. The molecule has 296 valence electrons. The number of rotatable bonds is 24. The summed E-state index contributed by atoms with van der Waals surface area (Å²) in [5, 5.41) is 0. The average molecular weight is 819 g/mol. The third kappa shape index (κ3) is 20.0. The van der Waals surface area contributed by atoms with Gasteiger partial charge in [-0.2, -0.15) is 0 Å². The first kappa shape index (κ1) is 48.7. The zero-order valence-electron chi connectivity index (χ0n) is 32.8. The SMILES string of the molecule is CCCCCCCCCCc1ccc(Oc2ccccc2S(=O)(=O)[O-])cc1.CCCCCCCCCCc1ccc(Oc2ccccc2S(=O)(=O)[O-])cc1.[Ca+2].